The van der Waals surface area contributed by atoms with Gasteiger partial charge in [-0.15, -0.1) is 0 Å². The quantitative estimate of drug-likeness (QED) is 0.517. The van der Waals surface area contributed by atoms with Gasteiger partial charge < -0.3 is 5.73 Å². The summed E-state index contributed by atoms with van der Waals surface area (Å²) in [5.41, 5.74) is 7.34. The fourth-order valence-electron chi connectivity index (χ4n) is 2.40. The van der Waals surface area contributed by atoms with Crippen LogP contribution < -0.4 is 5.73 Å². The summed E-state index contributed by atoms with van der Waals surface area (Å²) >= 11 is 0. The van der Waals surface area contributed by atoms with E-state index in [4.69, 9.17) is 5.73 Å². The maximum Gasteiger partial charge on any atom is 0.128 e. The molecule has 1 aliphatic rings. The van der Waals surface area contributed by atoms with E-state index >= 15 is 0 Å². The smallest absolute Gasteiger partial charge is 0.128 e. The number of anilines is 1. The fourth-order valence-corrected chi connectivity index (χ4v) is 2.40. The molecule has 0 bridgehead atoms. The molecule has 2 atom stereocenters. The van der Waals surface area contributed by atoms with Crippen molar-refractivity contribution < 1.29 is 4.39 Å². The first-order chi connectivity index (χ1) is 9.11. The number of nitroso groups, excluding NO2 is 1. The molecule has 1 fully saturated rings. The van der Waals surface area contributed by atoms with E-state index in [0.717, 1.165) is 25.7 Å². The van der Waals surface area contributed by atoms with Crippen molar-refractivity contribution in [3.05, 3.63) is 34.0 Å². The molecule has 5 heteroatoms. The summed E-state index contributed by atoms with van der Waals surface area (Å²) in [7, 11) is 0. The van der Waals surface area contributed by atoms with Gasteiger partial charge in [0.05, 0.1) is 6.04 Å². The van der Waals surface area contributed by atoms with Crippen molar-refractivity contribution in [2.45, 2.75) is 44.7 Å². The average molecular weight is 263 g/mol. The highest BCUT2D eigenvalue weighted by atomic mass is 19.1. The molecular formula is C14H18FN3O. The van der Waals surface area contributed by atoms with Crippen LogP contribution in [-0.4, -0.2) is 18.3 Å². The van der Waals surface area contributed by atoms with Crippen LogP contribution in [0, 0.1) is 17.6 Å². The van der Waals surface area contributed by atoms with Gasteiger partial charge in [-0.3, -0.25) is 4.99 Å². The van der Waals surface area contributed by atoms with Crippen molar-refractivity contribution in [3.63, 3.8) is 0 Å². The Kier molecular flexibility index (Phi) is 4.24. The molecule has 2 N–H and O–H groups in total. The van der Waals surface area contributed by atoms with Crippen LogP contribution in [-0.2, 0) is 0 Å². The molecule has 0 aliphatic heterocycles. The van der Waals surface area contributed by atoms with E-state index in [1.165, 1.54) is 6.07 Å². The normalized spacial score (nSPS) is 23.7. The van der Waals surface area contributed by atoms with E-state index in [-0.39, 0.29) is 17.9 Å². The minimum atomic E-state index is -0.320. The number of hydrogen-bond donors (Lipinski definition) is 1. The van der Waals surface area contributed by atoms with Gasteiger partial charge in [0.15, 0.2) is 0 Å². The molecular weight excluding hydrogens is 245 g/mol. The molecule has 1 aliphatic carbocycles. The van der Waals surface area contributed by atoms with Gasteiger partial charge in [0.25, 0.3) is 0 Å². The zero-order chi connectivity index (χ0) is 13.8. The highest BCUT2D eigenvalue weighted by Gasteiger charge is 2.24. The van der Waals surface area contributed by atoms with E-state index in [2.05, 4.69) is 10.2 Å². The van der Waals surface area contributed by atoms with E-state index in [9.17, 15) is 9.30 Å². The van der Waals surface area contributed by atoms with Gasteiger partial charge in [0, 0.05) is 17.5 Å². The molecule has 1 aromatic carbocycles. The van der Waals surface area contributed by atoms with E-state index in [1.807, 2.05) is 0 Å². The summed E-state index contributed by atoms with van der Waals surface area (Å²) in [6.45, 7) is 1.68. The number of nitrogens with two attached hydrogens (primary N) is 1. The molecule has 102 valence electrons. The number of aliphatic imine (C=N–C) groups is 1. The first kappa shape index (κ1) is 13.6. The van der Waals surface area contributed by atoms with Gasteiger partial charge in [0.2, 0.25) is 0 Å². The Hall–Kier alpha value is -1.78. The lowest BCUT2D eigenvalue weighted by atomic mass is 9.91. The van der Waals surface area contributed by atoms with Crippen LogP contribution in [0.15, 0.2) is 22.3 Å². The van der Waals surface area contributed by atoms with Gasteiger partial charge in [0.1, 0.15) is 11.9 Å². The lowest BCUT2D eigenvalue weighted by molar-refractivity contribution is 0.387. The zero-order valence-electron chi connectivity index (χ0n) is 11.0. The van der Waals surface area contributed by atoms with E-state index < -0.39 is 0 Å². The first-order valence-corrected chi connectivity index (χ1v) is 6.53. The van der Waals surface area contributed by atoms with Crippen molar-refractivity contribution >= 4 is 11.9 Å². The van der Waals surface area contributed by atoms with Crippen molar-refractivity contribution in [3.8, 4) is 0 Å². The van der Waals surface area contributed by atoms with Gasteiger partial charge in [-0.1, -0.05) is 18.0 Å². The zero-order valence-corrected chi connectivity index (χ0v) is 11.0. The Bertz CT molecular complexity index is 502. The minimum absolute atomic E-state index is 0.0731. The van der Waals surface area contributed by atoms with Crippen LogP contribution in [0.4, 0.5) is 10.1 Å². The predicted octanol–water partition coefficient (Wildman–Crippen LogP) is 3.21. The van der Waals surface area contributed by atoms with Gasteiger partial charge >= 0.3 is 0 Å². The van der Waals surface area contributed by atoms with E-state index in [1.54, 1.807) is 19.2 Å². The average Bonchev–Trinajstić information content (AvgIpc) is 2.41. The molecule has 0 radical (unpaired) electrons. The van der Waals surface area contributed by atoms with Crippen molar-refractivity contribution in [1.29, 1.82) is 0 Å². The summed E-state index contributed by atoms with van der Waals surface area (Å²) in [4.78, 5) is 15.2. The Labute approximate surface area is 111 Å². The molecule has 0 aromatic heterocycles. The molecule has 0 spiro atoms. The molecule has 0 heterocycles. The van der Waals surface area contributed by atoms with E-state index in [0.29, 0.717) is 16.8 Å². The summed E-state index contributed by atoms with van der Waals surface area (Å²) < 4.78 is 13.3. The Morgan fingerprint density at radius 1 is 1.32 bits per heavy atom. The highest BCUT2D eigenvalue weighted by Crippen LogP contribution is 2.24. The van der Waals surface area contributed by atoms with Crippen LogP contribution in [0.25, 0.3) is 0 Å². The Balaban J connectivity index is 2.17. The lowest BCUT2D eigenvalue weighted by Gasteiger charge is -2.22. The topological polar surface area (TPSA) is 67.8 Å². The van der Waals surface area contributed by atoms with Crippen molar-refractivity contribution in [2.24, 2.45) is 10.2 Å². The molecule has 1 saturated carbocycles. The van der Waals surface area contributed by atoms with Crippen LogP contribution in [0.3, 0.4) is 0 Å². The minimum Gasteiger partial charge on any atom is -0.398 e. The third-order valence-electron chi connectivity index (χ3n) is 3.60. The first-order valence-electron chi connectivity index (χ1n) is 6.53. The Morgan fingerprint density at radius 3 is 2.68 bits per heavy atom. The third-order valence-corrected chi connectivity index (χ3v) is 3.60. The summed E-state index contributed by atoms with van der Waals surface area (Å²) in [6, 6.07) is 2.65. The number of rotatable bonds is 3. The maximum atomic E-state index is 13.3. The molecule has 4 nitrogen and oxygen atoms in total. The van der Waals surface area contributed by atoms with Gasteiger partial charge in [-0.2, -0.15) is 4.91 Å². The molecule has 2 rings (SSSR count). The van der Waals surface area contributed by atoms with Gasteiger partial charge in [-0.05, 0) is 37.5 Å². The Morgan fingerprint density at radius 2 is 2.00 bits per heavy atom. The molecule has 19 heavy (non-hydrogen) atoms. The standard InChI is InChI=1S/C14H18FN3O/c1-9-6-10(12(16)7-11(9)15)8-17-13-4-2-3-5-14(13)18-19/h6-8,13-14H,2-5,16H2,1H3. The van der Waals surface area contributed by atoms with Gasteiger partial charge in [-0.25, -0.2) is 4.39 Å². The fraction of sp³-hybridized carbons (Fsp3) is 0.500. The van der Waals surface area contributed by atoms with Crippen LogP contribution in [0.5, 0.6) is 0 Å². The molecule has 0 saturated heterocycles. The van der Waals surface area contributed by atoms with Crippen LogP contribution in [0.2, 0.25) is 0 Å². The second-order valence-corrected chi connectivity index (χ2v) is 5.03. The number of hydrogen-bond acceptors (Lipinski definition) is 4. The largest absolute Gasteiger partial charge is 0.398 e. The highest BCUT2D eigenvalue weighted by molar-refractivity contribution is 5.87. The number of halogens is 1. The van der Waals surface area contributed by atoms with Crippen LogP contribution >= 0.6 is 0 Å². The second kappa shape index (κ2) is 5.91. The number of benzene rings is 1. The molecule has 0 amide bonds. The lowest BCUT2D eigenvalue weighted by Crippen LogP contribution is -2.26. The second-order valence-electron chi connectivity index (χ2n) is 5.03. The van der Waals surface area contributed by atoms with Crippen molar-refractivity contribution in [1.82, 2.24) is 0 Å². The summed E-state index contributed by atoms with van der Waals surface area (Å²) in [6.07, 6.45) is 5.39. The predicted molar refractivity (Wildman–Crippen MR) is 75.0 cm³/mol. The molecule has 1 aromatic rings. The van der Waals surface area contributed by atoms with Crippen LogP contribution in [0.1, 0.15) is 36.8 Å². The number of nitrogens with zero attached hydrogens (tertiary/aromatic N) is 2. The molecule has 2 unspecified atom stereocenters. The maximum absolute atomic E-state index is 13.3. The SMILES string of the molecule is Cc1cc(C=NC2CCCCC2N=O)c(N)cc1F. The monoisotopic (exact) mass is 263 g/mol. The third kappa shape index (κ3) is 3.16. The van der Waals surface area contributed by atoms with Crippen molar-refractivity contribution in [2.75, 3.05) is 5.73 Å². The number of nitrogen functional groups attached to an aromatic ring is 1. The summed E-state index contributed by atoms with van der Waals surface area (Å²) in [5, 5.41) is 3.14. The number of aryl methyl sites for hydroxylation is 1. The summed E-state index contributed by atoms with van der Waals surface area (Å²) in [5.74, 6) is -0.320.